The predicted molar refractivity (Wildman–Crippen MR) is 86.3 cm³/mol. The first kappa shape index (κ1) is 14.3. The van der Waals surface area contributed by atoms with E-state index in [-0.39, 0.29) is 6.04 Å². The van der Waals surface area contributed by atoms with E-state index >= 15 is 0 Å². The Bertz CT molecular complexity index is 510. The molecule has 1 unspecified atom stereocenters. The van der Waals surface area contributed by atoms with E-state index in [9.17, 15) is 0 Å². The first-order chi connectivity index (χ1) is 8.70. The lowest BCUT2D eigenvalue weighted by Gasteiger charge is -2.18. The highest BCUT2D eigenvalue weighted by Crippen LogP contribution is 2.32. The van der Waals surface area contributed by atoms with Crippen molar-refractivity contribution in [3.63, 3.8) is 0 Å². The zero-order valence-corrected chi connectivity index (χ0v) is 14.1. The maximum atomic E-state index is 3.61. The van der Waals surface area contributed by atoms with Crippen LogP contribution < -0.4 is 5.32 Å². The smallest absolute Gasteiger partial charge is 0.0702 e. The van der Waals surface area contributed by atoms with Gasteiger partial charge in [0.2, 0.25) is 0 Å². The molecule has 2 rings (SSSR count). The molecule has 1 atom stereocenters. The van der Waals surface area contributed by atoms with Crippen LogP contribution in [0.25, 0.3) is 0 Å². The van der Waals surface area contributed by atoms with Gasteiger partial charge in [-0.3, -0.25) is 0 Å². The average Bonchev–Trinajstić information content (AvgIpc) is 2.76. The Kier molecular flexibility index (Phi) is 5.42. The molecule has 1 nitrogen and oxygen atoms in total. The van der Waals surface area contributed by atoms with Gasteiger partial charge in [-0.25, -0.2) is 0 Å². The third-order valence-corrected chi connectivity index (χ3v) is 4.84. The van der Waals surface area contributed by atoms with Gasteiger partial charge in [-0.05, 0) is 58.7 Å². The van der Waals surface area contributed by atoms with Crippen LogP contribution in [0.1, 0.15) is 29.8 Å². The molecule has 0 aliphatic carbocycles. The molecule has 0 fully saturated rings. The van der Waals surface area contributed by atoms with Crippen LogP contribution in [0.2, 0.25) is 0 Å². The van der Waals surface area contributed by atoms with E-state index in [1.165, 1.54) is 14.2 Å². The lowest BCUT2D eigenvalue weighted by Crippen LogP contribution is -2.22. The molecule has 0 saturated heterocycles. The fraction of sp³-hybridized carbons (Fsp3) is 0.286. The summed E-state index contributed by atoms with van der Waals surface area (Å²) in [6.45, 7) is 3.21. The minimum Gasteiger partial charge on any atom is -0.306 e. The minimum atomic E-state index is 0.277. The van der Waals surface area contributed by atoms with Crippen LogP contribution in [0.4, 0.5) is 0 Å². The van der Waals surface area contributed by atoms with Crippen LogP contribution in [-0.2, 0) is 0 Å². The average molecular weight is 389 g/mol. The minimum absolute atomic E-state index is 0.277. The summed E-state index contributed by atoms with van der Waals surface area (Å²) >= 11 is 8.87. The lowest BCUT2D eigenvalue weighted by atomic mass is 10.1. The molecule has 4 heteroatoms. The van der Waals surface area contributed by atoms with Crippen molar-refractivity contribution >= 4 is 43.2 Å². The molecular formula is C14H15Br2NS. The maximum absolute atomic E-state index is 3.61. The molecule has 0 aliphatic heterocycles. The summed E-state index contributed by atoms with van der Waals surface area (Å²) in [5, 5.41) is 3.61. The largest absolute Gasteiger partial charge is 0.306 e. The van der Waals surface area contributed by atoms with E-state index in [1.807, 2.05) is 0 Å². The van der Waals surface area contributed by atoms with Crippen molar-refractivity contribution in [1.29, 1.82) is 0 Å². The number of nitrogens with one attached hydrogen (secondary N) is 1. The predicted octanol–water partition coefficient (Wildman–Crippen LogP) is 5.36. The Labute approximate surface area is 129 Å². The monoisotopic (exact) mass is 387 g/mol. The van der Waals surface area contributed by atoms with Crippen molar-refractivity contribution in [2.75, 3.05) is 6.54 Å². The molecule has 1 N–H and O–H groups in total. The highest BCUT2D eigenvalue weighted by molar-refractivity contribution is 9.11. The molecule has 0 radical (unpaired) electrons. The van der Waals surface area contributed by atoms with Crippen LogP contribution in [0.3, 0.4) is 0 Å². The van der Waals surface area contributed by atoms with Gasteiger partial charge >= 0.3 is 0 Å². The first-order valence-electron chi connectivity index (χ1n) is 5.94. The number of halogens is 2. The van der Waals surface area contributed by atoms with Crippen LogP contribution in [0, 0.1) is 0 Å². The highest BCUT2D eigenvalue weighted by atomic mass is 79.9. The Morgan fingerprint density at radius 2 is 2.06 bits per heavy atom. The van der Waals surface area contributed by atoms with Crippen LogP contribution in [0.15, 0.2) is 44.7 Å². The summed E-state index contributed by atoms with van der Waals surface area (Å²) in [5.41, 5.74) is 1.30. The summed E-state index contributed by atoms with van der Waals surface area (Å²) < 4.78 is 2.30. The zero-order valence-electron chi connectivity index (χ0n) is 10.1. The topological polar surface area (TPSA) is 12.0 Å². The van der Waals surface area contributed by atoms with Gasteiger partial charge in [0.05, 0.1) is 9.83 Å². The molecule has 1 aromatic heterocycles. The van der Waals surface area contributed by atoms with Crippen molar-refractivity contribution < 1.29 is 0 Å². The summed E-state index contributed by atoms with van der Waals surface area (Å²) in [5.74, 6) is 0. The second-order valence-corrected chi connectivity index (χ2v) is 7.49. The molecule has 1 heterocycles. The van der Waals surface area contributed by atoms with Crippen LogP contribution in [-0.4, -0.2) is 6.54 Å². The molecular weight excluding hydrogens is 374 g/mol. The molecule has 0 bridgehead atoms. The standard InChI is InChI=1S/C14H15Br2NS/c1-2-8-17-14(12-6-7-13(16)18-12)10-4-3-5-11(15)9-10/h3-7,9,14,17H,2,8H2,1H3. The van der Waals surface area contributed by atoms with Crippen molar-refractivity contribution in [2.24, 2.45) is 0 Å². The molecule has 0 amide bonds. The molecule has 1 aromatic carbocycles. The molecule has 0 saturated carbocycles. The summed E-state index contributed by atoms with van der Waals surface area (Å²) in [7, 11) is 0. The number of thiophene rings is 1. The SMILES string of the molecule is CCCNC(c1cccc(Br)c1)c1ccc(Br)s1. The van der Waals surface area contributed by atoms with Gasteiger partial charge in [0.15, 0.2) is 0 Å². The Balaban J connectivity index is 2.30. The van der Waals surface area contributed by atoms with Gasteiger partial charge < -0.3 is 5.32 Å². The van der Waals surface area contributed by atoms with E-state index in [2.05, 4.69) is 80.5 Å². The highest BCUT2D eigenvalue weighted by Gasteiger charge is 2.15. The Morgan fingerprint density at radius 3 is 2.67 bits per heavy atom. The fourth-order valence-corrected chi connectivity index (χ4v) is 3.79. The number of benzene rings is 1. The zero-order chi connectivity index (χ0) is 13.0. The number of rotatable bonds is 5. The Hall–Kier alpha value is -0.160. The third kappa shape index (κ3) is 3.67. The summed E-state index contributed by atoms with van der Waals surface area (Å²) in [6, 6.07) is 13.1. The maximum Gasteiger partial charge on any atom is 0.0702 e. The first-order valence-corrected chi connectivity index (χ1v) is 8.35. The lowest BCUT2D eigenvalue weighted by molar-refractivity contribution is 0.605. The van der Waals surface area contributed by atoms with Crippen molar-refractivity contribution in [3.05, 3.63) is 55.1 Å². The van der Waals surface area contributed by atoms with Gasteiger partial charge in [0.25, 0.3) is 0 Å². The summed E-state index contributed by atoms with van der Waals surface area (Å²) in [4.78, 5) is 1.34. The van der Waals surface area contributed by atoms with E-state index in [0.717, 1.165) is 17.4 Å². The number of hydrogen-bond donors (Lipinski definition) is 1. The van der Waals surface area contributed by atoms with Crippen molar-refractivity contribution in [1.82, 2.24) is 5.32 Å². The van der Waals surface area contributed by atoms with Crippen molar-refractivity contribution in [2.45, 2.75) is 19.4 Å². The summed E-state index contributed by atoms with van der Waals surface area (Å²) in [6.07, 6.45) is 1.14. The van der Waals surface area contributed by atoms with Gasteiger partial charge in [-0.2, -0.15) is 0 Å². The third-order valence-electron chi connectivity index (χ3n) is 2.66. The number of hydrogen-bond acceptors (Lipinski definition) is 2. The molecule has 18 heavy (non-hydrogen) atoms. The molecule has 2 aromatic rings. The second-order valence-electron chi connectivity index (χ2n) is 4.08. The van der Waals surface area contributed by atoms with E-state index < -0.39 is 0 Å². The van der Waals surface area contributed by atoms with Gasteiger partial charge in [-0.1, -0.05) is 35.0 Å². The van der Waals surface area contributed by atoms with Gasteiger partial charge in [-0.15, -0.1) is 11.3 Å². The van der Waals surface area contributed by atoms with Crippen LogP contribution >= 0.6 is 43.2 Å². The Morgan fingerprint density at radius 1 is 1.22 bits per heavy atom. The van der Waals surface area contributed by atoms with E-state index in [0.29, 0.717) is 0 Å². The second kappa shape index (κ2) is 6.85. The van der Waals surface area contributed by atoms with Crippen LogP contribution in [0.5, 0.6) is 0 Å². The normalized spacial score (nSPS) is 12.6. The molecule has 96 valence electrons. The fourth-order valence-electron chi connectivity index (χ4n) is 1.84. The molecule has 0 spiro atoms. The van der Waals surface area contributed by atoms with E-state index in [4.69, 9.17) is 0 Å². The quantitative estimate of drug-likeness (QED) is 0.726. The van der Waals surface area contributed by atoms with Gasteiger partial charge in [0, 0.05) is 9.35 Å². The van der Waals surface area contributed by atoms with E-state index in [1.54, 1.807) is 11.3 Å². The van der Waals surface area contributed by atoms with Crippen molar-refractivity contribution in [3.8, 4) is 0 Å². The van der Waals surface area contributed by atoms with Gasteiger partial charge in [0.1, 0.15) is 0 Å². The molecule has 0 aliphatic rings.